The summed E-state index contributed by atoms with van der Waals surface area (Å²) in [6.45, 7) is 3.20. The Morgan fingerprint density at radius 3 is 2.74 bits per heavy atom. The van der Waals surface area contributed by atoms with Crippen molar-refractivity contribution >= 4 is 22.5 Å². The molecular weight excluding hydrogens is 326 g/mol. The topological polar surface area (TPSA) is 58.6 Å². The van der Waals surface area contributed by atoms with Gasteiger partial charge in [0.25, 0.3) is 0 Å². The second-order valence-electron chi connectivity index (χ2n) is 6.02. The molecule has 23 heavy (non-hydrogen) atoms. The highest BCUT2D eigenvalue weighted by atomic mass is 32.2. The number of urea groups is 1. The summed E-state index contributed by atoms with van der Waals surface area (Å²) in [7, 11) is -0.973. The molecule has 1 aliphatic heterocycles. The molecule has 8 heteroatoms. The van der Waals surface area contributed by atoms with Crippen molar-refractivity contribution in [2.45, 2.75) is 32.1 Å². The first-order valence-electron chi connectivity index (χ1n) is 7.19. The van der Waals surface area contributed by atoms with E-state index in [9.17, 15) is 17.8 Å². The van der Waals surface area contributed by atoms with Crippen molar-refractivity contribution in [3.8, 4) is 5.75 Å². The number of rotatable bonds is 3. The van der Waals surface area contributed by atoms with Gasteiger partial charge in [0.15, 0.2) is 0 Å². The molecule has 1 N–H and O–H groups in total. The van der Waals surface area contributed by atoms with Crippen LogP contribution >= 0.6 is 0 Å². The molecule has 1 atom stereocenters. The van der Waals surface area contributed by atoms with Gasteiger partial charge in [-0.25, -0.2) is 4.79 Å². The first-order chi connectivity index (χ1) is 10.7. The van der Waals surface area contributed by atoms with E-state index in [2.05, 4.69) is 10.1 Å². The fraction of sp³-hybridized carbons (Fsp3) is 0.533. The van der Waals surface area contributed by atoms with Crippen LogP contribution in [0, 0.1) is 6.92 Å². The summed E-state index contributed by atoms with van der Waals surface area (Å²) in [4.78, 5) is 13.9. The van der Waals surface area contributed by atoms with Crippen LogP contribution in [0.1, 0.15) is 19.4 Å². The van der Waals surface area contributed by atoms with Crippen LogP contribution in [-0.4, -0.2) is 45.3 Å². The summed E-state index contributed by atoms with van der Waals surface area (Å²) < 4.78 is 40.6. The van der Waals surface area contributed by atoms with Crippen LogP contribution in [0.15, 0.2) is 18.2 Å². The van der Waals surface area contributed by atoms with E-state index in [0.717, 1.165) is 0 Å². The molecule has 1 aromatic rings. The molecule has 1 fully saturated rings. The average Bonchev–Trinajstić information content (AvgIpc) is 2.44. The van der Waals surface area contributed by atoms with Gasteiger partial charge in [-0.2, -0.15) is 8.78 Å². The maximum absolute atomic E-state index is 12.4. The highest BCUT2D eigenvalue weighted by molar-refractivity contribution is 7.86. The predicted octanol–water partition coefficient (Wildman–Crippen LogP) is 2.97. The number of hydrogen-bond donors (Lipinski definition) is 1. The number of carbonyl (C=O) groups is 1. The summed E-state index contributed by atoms with van der Waals surface area (Å²) in [5, 5.41) is 2.67. The zero-order valence-electron chi connectivity index (χ0n) is 13.3. The monoisotopic (exact) mass is 346 g/mol. The van der Waals surface area contributed by atoms with Crippen molar-refractivity contribution in [2.24, 2.45) is 0 Å². The van der Waals surface area contributed by atoms with Crippen molar-refractivity contribution in [1.82, 2.24) is 4.90 Å². The number of halogens is 2. The van der Waals surface area contributed by atoms with Gasteiger partial charge in [0.05, 0.1) is 4.75 Å². The molecule has 128 valence electrons. The van der Waals surface area contributed by atoms with Crippen LogP contribution in [0.3, 0.4) is 0 Å². The lowest BCUT2D eigenvalue weighted by molar-refractivity contribution is -0.0502. The molecule has 1 aliphatic rings. The minimum atomic E-state index is -2.92. The summed E-state index contributed by atoms with van der Waals surface area (Å²) in [5.41, 5.74) is 0.929. The molecule has 0 aliphatic carbocycles. The van der Waals surface area contributed by atoms with Crippen molar-refractivity contribution < 1.29 is 22.5 Å². The van der Waals surface area contributed by atoms with Gasteiger partial charge in [-0.15, -0.1) is 0 Å². The van der Waals surface area contributed by atoms with Crippen LogP contribution in [-0.2, 0) is 10.8 Å². The molecule has 0 radical (unpaired) electrons. The quantitative estimate of drug-likeness (QED) is 0.915. The molecule has 1 saturated heterocycles. The van der Waals surface area contributed by atoms with Crippen LogP contribution < -0.4 is 10.1 Å². The number of anilines is 1. The third-order valence-electron chi connectivity index (χ3n) is 3.68. The predicted molar refractivity (Wildman–Crippen MR) is 85.5 cm³/mol. The van der Waals surface area contributed by atoms with Gasteiger partial charge >= 0.3 is 12.6 Å². The van der Waals surface area contributed by atoms with Gasteiger partial charge in [-0.05, 0) is 32.4 Å². The number of nitrogens with zero attached hydrogens (tertiary/aromatic N) is 1. The fourth-order valence-electron chi connectivity index (χ4n) is 2.36. The molecule has 0 spiro atoms. The van der Waals surface area contributed by atoms with Gasteiger partial charge in [-0.3, -0.25) is 4.21 Å². The smallest absolute Gasteiger partial charge is 0.387 e. The number of nitrogens with one attached hydrogen (secondary N) is 1. The lowest BCUT2D eigenvalue weighted by atomic mass is 10.2. The second-order valence-corrected chi connectivity index (χ2v) is 8.22. The fourth-order valence-corrected chi connectivity index (χ4v) is 3.60. The minimum Gasteiger partial charge on any atom is -0.434 e. The Hall–Kier alpha value is -1.70. The Bertz CT molecular complexity index is 623. The summed E-state index contributed by atoms with van der Waals surface area (Å²) in [5.74, 6) is 0.450. The van der Waals surface area contributed by atoms with E-state index >= 15 is 0 Å². The van der Waals surface area contributed by atoms with Crippen molar-refractivity contribution in [1.29, 1.82) is 0 Å². The first kappa shape index (κ1) is 17.7. The van der Waals surface area contributed by atoms with Crippen molar-refractivity contribution in [2.75, 3.05) is 24.2 Å². The van der Waals surface area contributed by atoms with E-state index in [1.54, 1.807) is 24.0 Å². The van der Waals surface area contributed by atoms with E-state index in [1.165, 1.54) is 6.07 Å². The minimum absolute atomic E-state index is 0.0258. The molecule has 0 saturated carbocycles. The highest BCUT2D eigenvalue weighted by Crippen LogP contribution is 2.25. The van der Waals surface area contributed by atoms with Gasteiger partial charge in [0, 0.05) is 41.4 Å². The highest BCUT2D eigenvalue weighted by Gasteiger charge is 2.35. The Balaban J connectivity index is 2.07. The third kappa shape index (κ3) is 4.40. The lowest BCUT2D eigenvalue weighted by Crippen LogP contribution is -2.53. The molecule has 5 nitrogen and oxygen atoms in total. The maximum Gasteiger partial charge on any atom is 0.387 e. The number of hydrogen-bond acceptors (Lipinski definition) is 3. The number of aryl methyl sites for hydroxylation is 1. The van der Waals surface area contributed by atoms with E-state index in [0.29, 0.717) is 30.1 Å². The molecule has 0 unspecified atom stereocenters. The van der Waals surface area contributed by atoms with Crippen LogP contribution in [0.5, 0.6) is 5.75 Å². The standard InChI is InChI=1S/C15H20F2N2O3S/c1-10-4-5-11(8-12(10)22-13(16)17)18-14(20)19-6-7-23(21)15(2,3)9-19/h4-5,8,13H,6-7,9H2,1-3H3,(H,18,20)/t23-/m1/s1. The molecular formula is C15H20F2N2O3S. The SMILES string of the molecule is Cc1ccc(NC(=O)N2CC[S@@](=O)C(C)(C)C2)cc1OC(F)F. The second kappa shape index (κ2) is 6.82. The summed E-state index contributed by atoms with van der Waals surface area (Å²) in [6.07, 6.45) is 0. The summed E-state index contributed by atoms with van der Waals surface area (Å²) >= 11 is 0. The Kier molecular flexibility index (Phi) is 5.23. The number of ether oxygens (including phenoxy) is 1. The van der Waals surface area contributed by atoms with Crippen LogP contribution in [0.4, 0.5) is 19.3 Å². The largest absolute Gasteiger partial charge is 0.434 e. The Labute approximate surface area is 136 Å². The van der Waals surface area contributed by atoms with E-state index in [-0.39, 0.29) is 11.8 Å². The molecule has 1 heterocycles. The summed E-state index contributed by atoms with van der Waals surface area (Å²) in [6, 6.07) is 4.25. The van der Waals surface area contributed by atoms with Gasteiger partial charge in [0.1, 0.15) is 5.75 Å². The number of amides is 2. The molecule has 2 rings (SSSR count). The van der Waals surface area contributed by atoms with E-state index in [4.69, 9.17) is 0 Å². The van der Waals surface area contributed by atoms with Gasteiger partial charge in [-0.1, -0.05) is 6.07 Å². The molecule has 2 amide bonds. The number of carbonyl (C=O) groups excluding carboxylic acids is 1. The zero-order chi connectivity index (χ0) is 17.2. The van der Waals surface area contributed by atoms with E-state index < -0.39 is 22.2 Å². The van der Waals surface area contributed by atoms with Crippen LogP contribution in [0.2, 0.25) is 0 Å². The number of benzene rings is 1. The van der Waals surface area contributed by atoms with Gasteiger partial charge < -0.3 is 15.0 Å². The Morgan fingerprint density at radius 2 is 2.13 bits per heavy atom. The lowest BCUT2D eigenvalue weighted by Gasteiger charge is -2.37. The maximum atomic E-state index is 12.4. The number of alkyl halides is 2. The van der Waals surface area contributed by atoms with E-state index in [1.807, 2.05) is 13.8 Å². The Morgan fingerprint density at radius 1 is 1.43 bits per heavy atom. The first-order valence-corrected chi connectivity index (χ1v) is 8.51. The third-order valence-corrected chi connectivity index (χ3v) is 5.59. The van der Waals surface area contributed by atoms with Crippen molar-refractivity contribution in [3.05, 3.63) is 23.8 Å². The van der Waals surface area contributed by atoms with Crippen LogP contribution in [0.25, 0.3) is 0 Å². The van der Waals surface area contributed by atoms with Gasteiger partial charge in [0.2, 0.25) is 0 Å². The van der Waals surface area contributed by atoms with Crippen molar-refractivity contribution in [3.63, 3.8) is 0 Å². The molecule has 0 bridgehead atoms. The average molecular weight is 346 g/mol. The molecule has 0 aromatic heterocycles. The zero-order valence-corrected chi connectivity index (χ0v) is 14.1. The normalized spacial score (nSPS) is 20.4. The molecule has 1 aromatic carbocycles.